The Morgan fingerprint density at radius 3 is 2.96 bits per heavy atom. The first-order valence-electron chi connectivity index (χ1n) is 8.76. The van der Waals surface area contributed by atoms with Crippen LogP contribution in [0.15, 0.2) is 77.7 Å². The fourth-order valence-corrected chi connectivity index (χ4v) is 3.28. The summed E-state index contributed by atoms with van der Waals surface area (Å²) in [5.41, 5.74) is 10.0. The van der Waals surface area contributed by atoms with Crippen molar-refractivity contribution >= 4 is 22.6 Å². The average molecular weight is 359 g/mol. The van der Waals surface area contributed by atoms with Crippen LogP contribution in [0.2, 0.25) is 0 Å². The van der Waals surface area contributed by atoms with E-state index in [1.54, 1.807) is 6.08 Å². The second-order valence-corrected chi connectivity index (χ2v) is 6.54. The minimum atomic E-state index is -0.221. The first kappa shape index (κ1) is 17.1. The van der Waals surface area contributed by atoms with Gasteiger partial charge in [-0.25, -0.2) is 4.99 Å². The van der Waals surface area contributed by atoms with Gasteiger partial charge in [-0.05, 0) is 41.3 Å². The van der Waals surface area contributed by atoms with Gasteiger partial charge in [0.15, 0.2) is 0 Å². The molecule has 0 unspecified atom stereocenters. The van der Waals surface area contributed by atoms with Gasteiger partial charge in [0, 0.05) is 43.2 Å². The van der Waals surface area contributed by atoms with Gasteiger partial charge >= 0.3 is 0 Å². The fourth-order valence-electron chi connectivity index (χ4n) is 3.28. The van der Waals surface area contributed by atoms with E-state index in [1.807, 2.05) is 42.4 Å². The van der Waals surface area contributed by atoms with Crippen LogP contribution in [-0.2, 0) is 24.9 Å². The van der Waals surface area contributed by atoms with Gasteiger partial charge in [0.1, 0.15) is 11.5 Å². The number of hydrogen-bond donors (Lipinski definition) is 2. The van der Waals surface area contributed by atoms with E-state index in [1.165, 1.54) is 0 Å². The quantitative estimate of drug-likeness (QED) is 0.880. The third-order valence-corrected chi connectivity index (χ3v) is 4.79. The smallest absolute Gasteiger partial charge is 0.270 e. The SMILES string of the molecule is C=C1C=C(C(=O)NCc2ccc3cc(CN)n(C)c3c2)N=C2C=CC=CN12. The lowest BCUT2D eigenvalue weighted by atomic mass is 10.1. The molecule has 1 aromatic heterocycles. The van der Waals surface area contributed by atoms with Gasteiger partial charge in [0.25, 0.3) is 5.91 Å². The third-order valence-electron chi connectivity index (χ3n) is 4.79. The lowest BCUT2D eigenvalue weighted by molar-refractivity contribution is -0.117. The molecular formula is C21H21N5O. The minimum absolute atomic E-state index is 0.221. The second-order valence-electron chi connectivity index (χ2n) is 6.54. The molecular weight excluding hydrogens is 338 g/mol. The maximum Gasteiger partial charge on any atom is 0.270 e. The Morgan fingerprint density at radius 2 is 2.15 bits per heavy atom. The zero-order valence-electron chi connectivity index (χ0n) is 15.1. The first-order valence-corrected chi connectivity index (χ1v) is 8.76. The summed E-state index contributed by atoms with van der Waals surface area (Å²) < 4.78 is 2.08. The number of hydrogen-bond acceptors (Lipinski definition) is 4. The van der Waals surface area contributed by atoms with E-state index in [4.69, 9.17) is 5.73 Å². The Labute approximate surface area is 157 Å². The summed E-state index contributed by atoms with van der Waals surface area (Å²) in [6.45, 7) is 4.91. The molecule has 6 nitrogen and oxygen atoms in total. The van der Waals surface area contributed by atoms with E-state index in [0.717, 1.165) is 22.2 Å². The number of aliphatic imine (C=N–C) groups is 1. The molecule has 2 aliphatic rings. The fraction of sp³-hybridized carbons (Fsp3) is 0.143. The van der Waals surface area contributed by atoms with Gasteiger partial charge in [-0.2, -0.15) is 0 Å². The molecule has 1 aromatic carbocycles. The van der Waals surface area contributed by atoms with E-state index in [9.17, 15) is 4.79 Å². The molecule has 136 valence electrons. The van der Waals surface area contributed by atoms with Crippen LogP contribution in [0.3, 0.4) is 0 Å². The summed E-state index contributed by atoms with van der Waals surface area (Å²) in [5, 5.41) is 4.08. The van der Waals surface area contributed by atoms with Crippen molar-refractivity contribution in [3.05, 3.63) is 84.0 Å². The van der Waals surface area contributed by atoms with Crippen molar-refractivity contribution in [2.75, 3.05) is 0 Å². The number of rotatable bonds is 4. The summed E-state index contributed by atoms with van der Waals surface area (Å²) in [7, 11) is 2.00. The Bertz CT molecular complexity index is 1070. The number of aromatic nitrogens is 1. The molecule has 3 heterocycles. The van der Waals surface area contributed by atoms with Gasteiger partial charge in [-0.15, -0.1) is 0 Å². The molecule has 0 fully saturated rings. The van der Waals surface area contributed by atoms with Crippen LogP contribution in [0.1, 0.15) is 11.3 Å². The number of amidine groups is 1. The van der Waals surface area contributed by atoms with Crippen LogP contribution in [0, 0.1) is 0 Å². The van der Waals surface area contributed by atoms with Crippen molar-refractivity contribution in [2.45, 2.75) is 13.1 Å². The molecule has 2 aromatic rings. The summed E-state index contributed by atoms with van der Waals surface area (Å²) in [5.74, 6) is 0.468. The summed E-state index contributed by atoms with van der Waals surface area (Å²) >= 11 is 0. The zero-order valence-corrected chi connectivity index (χ0v) is 15.1. The van der Waals surface area contributed by atoms with Crippen LogP contribution in [0.25, 0.3) is 10.9 Å². The summed E-state index contributed by atoms with van der Waals surface area (Å²) in [6, 6.07) is 8.23. The average Bonchev–Trinajstić information content (AvgIpc) is 3.01. The van der Waals surface area contributed by atoms with Gasteiger partial charge in [0.2, 0.25) is 0 Å². The van der Waals surface area contributed by atoms with Crippen LogP contribution in [0.5, 0.6) is 0 Å². The number of nitrogens with zero attached hydrogens (tertiary/aromatic N) is 3. The van der Waals surface area contributed by atoms with E-state index in [0.29, 0.717) is 30.3 Å². The van der Waals surface area contributed by atoms with Gasteiger partial charge < -0.3 is 20.5 Å². The molecule has 1 amide bonds. The van der Waals surface area contributed by atoms with E-state index < -0.39 is 0 Å². The van der Waals surface area contributed by atoms with Gasteiger partial charge in [-0.1, -0.05) is 24.8 Å². The number of nitrogens with two attached hydrogens (primary N) is 1. The first-order chi connectivity index (χ1) is 13.1. The number of allylic oxidation sites excluding steroid dienone is 3. The number of amides is 1. The monoisotopic (exact) mass is 359 g/mol. The molecule has 0 spiro atoms. The summed E-state index contributed by atoms with van der Waals surface area (Å²) in [6.07, 6.45) is 9.20. The standard InChI is InChI=1S/C21H21N5O/c1-14-9-18(24-20-5-3-4-8-26(14)20)21(27)23-13-15-6-7-16-11-17(12-22)25(2)19(16)10-15/h3-11H,1,12-13,22H2,2H3,(H,23,27). The highest BCUT2D eigenvalue weighted by atomic mass is 16.2. The van der Waals surface area contributed by atoms with Crippen molar-refractivity contribution < 1.29 is 4.79 Å². The topological polar surface area (TPSA) is 75.6 Å². The Hall–Kier alpha value is -3.38. The molecule has 2 aliphatic heterocycles. The molecule has 0 bridgehead atoms. The number of benzene rings is 1. The third kappa shape index (κ3) is 3.11. The van der Waals surface area contributed by atoms with Gasteiger partial charge in [-0.3, -0.25) is 4.79 Å². The second kappa shape index (κ2) is 6.74. The number of nitrogens with one attached hydrogen (secondary N) is 1. The summed E-state index contributed by atoms with van der Waals surface area (Å²) in [4.78, 5) is 18.8. The normalized spacial score (nSPS) is 15.6. The highest BCUT2D eigenvalue weighted by molar-refractivity contribution is 6.04. The predicted molar refractivity (Wildman–Crippen MR) is 107 cm³/mol. The lowest BCUT2D eigenvalue weighted by Crippen LogP contribution is -2.31. The molecule has 0 saturated carbocycles. The van der Waals surface area contributed by atoms with Crippen molar-refractivity contribution in [3.8, 4) is 0 Å². The number of aryl methyl sites for hydroxylation is 1. The largest absolute Gasteiger partial charge is 0.347 e. The highest BCUT2D eigenvalue weighted by Crippen LogP contribution is 2.22. The Balaban J connectivity index is 1.50. The van der Waals surface area contributed by atoms with Crippen LogP contribution in [-0.4, -0.2) is 21.2 Å². The molecule has 6 heteroatoms. The Kier molecular flexibility index (Phi) is 4.25. The highest BCUT2D eigenvalue weighted by Gasteiger charge is 2.20. The Morgan fingerprint density at radius 1 is 1.30 bits per heavy atom. The molecule has 3 N–H and O–H groups in total. The predicted octanol–water partition coefficient (Wildman–Crippen LogP) is 2.45. The van der Waals surface area contributed by atoms with Crippen LogP contribution in [0.4, 0.5) is 0 Å². The van der Waals surface area contributed by atoms with Crippen molar-refractivity contribution in [3.63, 3.8) is 0 Å². The molecule has 0 atom stereocenters. The van der Waals surface area contributed by atoms with E-state index in [2.05, 4.69) is 39.7 Å². The van der Waals surface area contributed by atoms with Gasteiger partial charge in [0.05, 0.1) is 0 Å². The zero-order chi connectivity index (χ0) is 19.0. The van der Waals surface area contributed by atoms with Crippen molar-refractivity contribution in [2.24, 2.45) is 17.8 Å². The van der Waals surface area contributed by atoms with Crippen molar-refractivity contribution in [1.29, 1.82) is 0 Å². The maximum absolute atomic E-state index is 12.6. The van der Waals surface area contributed by atoms with Crippen LogP contribution >= 0.6 is 0 Å². The number of fused-ring (bicyclic) bond motifs is 2. The van der Waals surface area contributed by atoms with E-state index in [-0.39, 0.29) is 5.91 Å². The lowest BCUT2D eigenvalue weighted by Gasteiger charge is -2.26. The molecule has 0 radical (unpaired) electrons. The molecule has 0 saturated heterocycles. The minimum Gasteiger partial charge on any atom is -0.347 e. The maximum atomic E-state index is 12.6. The van der Waals surface area contributed by atoms with E-state index >= 15 is 0 Å². The number of carbonyl (C=O) groups is 1. The number of carbonyl (C=O) groups excluding carboxylic acids is 1. The van der Waals surface area contributed by atoms with Crippen molar-refractivity contribution in [1.82, 2.24) is 14.8 Å². The molecule has 4 rings (SSSR count). The molecule has 0 aliphatic carbocycles. The molecule has 27 heavy (non-hydrogen) atoms. The van der Waals surface area contributed by atoms with Crippen LogP contribution < -0.4 is 11.1 Å².